The number of nitrogens with zero attached hydrogens (tertiary/aromatic N) is 7. The Morgan fingerprint density at radius 3 is 2.65 bits per heavy atom. The molecule has 1 fully saturated rings. The lowest BCUT2D eigenvalue weighted by Gasteiger charge is -2.34. The second kappa shape index (κ2) is 13.5. The molecule has 2 aromatic carbocycles. The normalized spacial score (nSPS) is 15.8. The van der Waals surface area contributed by atoms with Gasteiger partial charge in [-0.1, -0.05) is 31.2 Å². The molecule has 11 nitrogen and oxygen atoms in total. The second-order valence-electron chi connectivity index (χ2n) is 14.6. The monoisotopic (exact) mass is 689 g/mol. The van der Waals surface area contributed by atoms with Crippen molar-refractivity contribution >= 4 is 47.8 Å². The fourth-order valence-corrected chi connectivity index (χ4v) is 6.69. The van der Waals surface area contributed by atoms with Crippen LogP contribution in [0, 0.1) is 6.92 Å². The highest BCUT2D eigenvalue weighted by molar-refractivity contribution is 6.76. The second-order valence-corrected chi connectivity index (χ2v) is 20.6. The van der Waals surface area contributed by atoms with E-state index in [1.807, 2.05) is 68.9 Å². The molecule has 13 heteroatoms. The number of aromatic nitrogens is 6. The van der Waals surface area contributed by atoms with Crippen LogP contribution in [0.4, 0.5) is 4.79 Å². The molecule has 3 aromatic heterocycles. The van der Waals surface area contributed by atoms with Gasteiger partial charge in [0.05, 0.1) is 40.7 Å². The molecule has 0 spiro atoms. The van der Waals surface area contributed by atoms with Gasteiger partial charge in [-0.15, -0.1) is 0 Å². The number of hydrogen-bond donors (Lipinski definition) is 0. The highest BCUT2D eigenvalue weighted by Crippen LogP contribution is 2.36. The van der Waals surface area contributed by atoms with E-state index in [1.54, 1.807) is 17.3 Å². The molecule has 1 atom stereocenters. The first-order valence-corrected chi connectivity index (χ1v) is 20.5. The van der Waals surface area contributed by atoms with Crippen molar-refractivity contribution in [3.8, 4) is 22.8 Å². The fourth-order valence-electron chi connectivity index (χ4n) is 5.69. The zero-order valence-corrected chi connectivity index (χ0v) is 30.5. The van der Waals surface area contributed by atoms with Crippen LogP contribution in [0.1, 0.15) is 45.5 Å². The van der Waals surface area contributed by atoms with E-state index in [1.165, 1.54) is 0 Å². The molecule has 1 aliphatic rings. The van der Waals surface area contributed by atoms with Crippen LogP contribution in [-0.2, 0) is 16.2 Å². The van der Waals surface area contributed by atoms with Gasteiger partial charge in [-0.3, -0.25) is 9.67 Å². The molecule has 0 N–H and O–H groups in total. The van der Waals surface area contributed by atoms with Gasteiger partial charge in [0.1, 0.15) is 40.2 Å². The van der Waals surface area contributed by atoms with Crippen LogP contribution >= 0.6 is 11.6 Å². The Morgan fingerprint density at radius 1 is 1.08 bits per heavy atom. The van der Waals surface area contributed by atoms with Crippen molar-refractivity contribution in [3.05, 3.63) is 59.8 Å². The maximum absolute atomic E-state index is 12.7. The van der Waals surface area contributed by atoms with Gasteiger partial charge in [0.25, 0.3) is 0 Å². The Morgan fingerprint density at radius 2 is 1.88 bits per heavy atom. The van der Waals surface area contributed by atoms with E-state index >= 15 is 0 Å². The van der Waals surface area contributed by atoms with Crippen LogP contribution in [0.5, 0.6) is 11.5 Å². The first-order chi connectivity index (χ1) is 22.7. The minimum atomic E-state index is -1.18. The summed E-state index contributed by atoms with van der Waals surface area (Å²) >= 11 is 6.91. The van der Waals surface area contributed by atoms with Crippen LogP contribution in [0.15, 0.2) is 48.9 Å². The summed E-state index contributed by atoms with van der Waals surface area (Å²) in [4.78, 5) is 28.7. The van der Waals surface area contributed by atoms with Crippen molar-refractivity contribution < 1.29 is 19.0 Å². The first-order valence-electron chi connectivity index (χ1n) is 16.4. The van der Waals surface area contributed by atoms with E-state index in [9.17, 15) is 4.79 Å². The summed E-state index contributed by atoms with van der Waals surface area (Å²) in [5.74, 6) is 1.99. The molecular formula is C35H44ClN7O4Si. The van der Waals surface area contributed by atoms with Gasteiger partial charge in [-0.25, -0.2) is 14.8 Å². The lowest BCUT2D eigenvalue weighted by molar-refractivity contribution is 0.0167. The van der Waals surface area contributed by atoms with Crippen molar-refractivity contribution in [1.29, 1.82) is 0 Å². The van der Waals surface area contributed by atoms with Crippen molar-refractivity contribution in [2.45, 2.75) is 84.6 Å². The molecular weight excluding hydrogens is 646 g/mol. The minimum Gasteiger partial charge on any atom is -0.456 e. The highest BCUT2D eigenvalue weighted by atomic mass is 35.5. The van der Waals surface area contributed by atoms with Crippen LogP contribution < -0.4 is 4.74 Å². The molecule has 6 rings (SSSR count). The zero-order valence-electron chi connectivity index (χ0n) is 28.8. The summed E-state index contributed by atoms with van der Waals surface area (Å²) in [7, 11) is -1.18. The molecule has 1 saturated heterocycles. The van der Waals surface area contributed by atoms with Gasteiger partial charge in [0.15, 0.2) is 0 Å². The SMILES string of the molecule is Cc1nc2ccc(Oc3ccc4ncc(-c5cnn(C6CCCN(C(=O)OC(C)(C)C)C6)c5)nc4c3Cl)cc2n1COCC[Si](C)(C)C. The Kier molecular flexibility index (Phi) is 9.52. The number of benzene rings is 2. The quantitative estimate of drug-likeness (QED) is 0.112. The summed E-state index contributed by atoms with van der Waals surface area (Å²) in [6, 6.07) is 10.6. The number of halogens is 1. The number of likely N-dealkylation sites (tertiary alicyclic amines) is 1. The first kappa shape index (κ1) is 33.9. The van der Waals surface area contributed by atoms with E-state index in [4.69, 9.17) is 35.8 Å². The Bertz CT molecular complexity index is 1950. The molecule has 1 unspecified atom stereocenters. The van der Waals surface area contributed by atoms with Crippen LogP contribution in [-0.4, -0.2) is 73.7 Å². The number of carbonyl (C=O) groups is 1. The summed E-state index contributed by atoms with van der Waals surface area (Å²) in [5.41, 5.74) is 3.91. The van der Waals surface area contributed by atoms with Gasteiger partial charge >= 0.3 is 6.09 Å². The molecule has 5 aromatic rings. The van der Waals surface area contributed by atoms with E-state index in [2.05, 4.69) is 34.3 Å². The van der Waals surface area contributed by atoms with Crippen LogP contribution in [0.25, 0.3) is 33.3 Å². The summed E-state index contributed by atoms with van der Waals surface area (Å²) in [6.07, 6.45) is 6.92. The van der Waals surface area contributed by atoms with Crippen LogP contribution in [0.2, 0.25) is 30.7 Å². The standard InChI is InChI=1S/C35H44ClN7O4Si/c1-23-39-27-11-10-26(17-30(27)42(23)22-45-15-16-48(5,6)7)46-31-13-12-28-33(32(31)36)40-29(19-37-28)24-18-38-43(20-24)25-9-8-14-41(21-25)34(44)47-35(2,3)4/h10-13,17-20,25H,8-9,14-16,21-22H2,1-7H3. The number of imidazole rings is 1. The average molecular weight is 690 g/mol. The molecule has 0 aliphatic carbocycles. The van der Waals surface area contributed by atoms with Gasteiger partial charge in [-0.2, -0.15) is 5.10 Å². The average Bonchev–Trinajstić information content (AvgIpc) is 3.64. The highest BCUT2D eigenvalue weighted by Gasteiger charge is 2.29. The third-order valence-corrected chi connectivity index (χ3v) is 10.4. The Hall–Kier alpha value is -4.00. The lowest BCUT2D eigenvalue weighted by Crippen LogP contribution is -2.43. The minimum absolute atomic E-state index is 0.0335. The maximum Gasteiger partial charge on any atom is 0.410 e. The molecule has 0 saturated carbocycles. The third kappa shape index (κ3) is 7.82. The number of rotatable bonds is 9. The molecule has 0 bridgehead atoms. The van der Waals surface area contributed by atoms with Crippen molar-refractivity contribution in [2.24, 2.45) is 0 Å². The van der Waals surface area contributed by atoms with Crippen molar-refractivity contribution in [2.75, 3.05) is 19.7 Å². The molecule has 0 radical (unpaired) electrons. The zero-order chi connectivity index (χ0) is 34.2. The number of fused-ring (bicyclic) bond motifs is 2. The number of piperidine rings is 1. The van der Waals surface area contributed by atoms with E-state index in [0.29, 0.717) is 53.1 Å². The molecule has 4 heterocycles. The number of carbonyl (C=O) groups excluding carboxylic acids is 1. The number of ether oxygens (including phenoxy) is 3. The molecule has 1 aliphatic heterocycles. The molecule has 254 valence electrons. The van der Waals surface area contributed by atoms with Gasteiger partial charge < -0.3 is 23.7 Å². The molecule has 1 amide bonds. The van der Waals surface area contributed by atoms with E-state index in [-0.39, 0.29) is 12.1 Å². The van der Waals surface area contributed by atoms with Gasteiger partial charge in [0.2, 0.25) is 0 Å². The Balaban J connectivity index is 1.19. The Labute approximate surface area is 287 Å². The van der Waals surface area contributed by atoms with Crippen LogP contribution in [0.3, 0.4) is 0 Å². The topological polar surface area (TPSA) is 109 Å². The number of aryl methyl sites for hydroxylation is 1. The summed E-state index contributed by atoms with van der Waals surface area (Å²) in [6.45, 7) is 17.0. The van der Waals surface area contributed by atoms with Gasteiger partial charge in [0, 0.05) is 45.6 Å². The third-order valence-electron chi connectivity index (χ3n) is 8.29. The van der Waals surface area contributed by atoms with Gasteiger partial charge in [-0.05, 0) is 70.8 Å². The number of amides is 1. The van der Waals surface area contributed by atoms with E-state index < -0.39 is 13.7 Å². The smallest absolute Gasteiger partial charge is 0.410 e. The van der Waals surface area contributed by atoms with Crippen molar-refractivity contribution in [3.63, 3.8) is 0 Å². The summed E-state index contributed by atoms with van der Waals surface area (Å²) < 4.78 is 21.9. The predicted molar refractivity (Wildman–Crippen MR) is 190 cm³/mol. The number of hydrogen-bond acceptors (Lipinski definition) is 8. The summed E-state index contributed by atoms with van der Waals surface area (Å²) in [5, 5.41) is 5.00. The molecule has 48 heavy (non-hydrogen) atoms. The predicted octanol–water partition coefficient (Wildman–Crippen LogP) is 8.48. The lowest BCUT2D eigenvalue weighted by atomic mass is 10.1. The van der Waals surface area contributed by atoms with Crippen molar-refractivity contribution in [1.82, 2.24) is 34.2 Å². The fraction of sp³-hybridized carbons (Fsp3) is 0.457. The van der Waals surface area contributed by atoms with E-state index in [0.717, 1.165) is 47.9 Å². The largest absolute Gasteiger partial charge is 0.456 e. The maximum atomic E-state index is 12.7.